The average molecular weight is 317 g/mol. The summed E-state index contributed by atoms with van der Waals surface area (Å²) in [6.07, 6.45) is 1.37. The fraction of sp³-hybridized carbons (Fsp3) is 0.154. The molecule has 0 amide bonds. The first kappa shape index (κ1) is 14.3. The molecule has 0 fully saturated rings. The Balaban J connectivity index is 1.91. The maximum absolute atomic E-state index is 10.9. The van der Waals surface area contributed by atoms with Gasteiger partial charge in [0.2, 0.25) is 12.2 Å². The second-order valence-electron chi connectivity index (χ2n) is 4.53. The first-order chi connectivity index (χ1) is 10.6. The lowest BCUT2D eigenvalue weighted by atomic mass is 10.1. The summed E-state index contributed by atoms with van der Waals surface area (Å²) in [4.78, 5) is 14.1. The molecule has 0 unspecified atom stereocenters. The second kappa shape index (κ2) is 5.60. The zero-order valence-electron chi connectivity index (χ0n) is 11.8. The molecule has 112 valence electrons. The van der Waals surface area contributed by atoms with Crippen LogP contribution in [0.25, 0.3) is 11.5 Å². The molecule has 22 heavy (non-hydrogen) atoms. The van der Waals surface area contributed by atoms with Crippen LogP contribution >= 0.6 is 11.8 Å². The Morgan fingerprint density at radius 3 is 2.82 bits per heavy atom. The minimum Gasteiger partial charge on any atom is -0.411 e. The maximum atomic E-state index is 10.9. The van der Waals surface area contributed by atoms with Crippen LogP contribution in [0, 0.1) is 17.0 Å². The van der Waals surface area contributed by atoms with Crippen molar-refractivity contribution in [2.75, 3.05) is 0 Å². The molecular weight excluding hydrogens is 306 g/mol. The highest BCUT2D eigenvalue weighted by Gasteiger charge is 2.23. The Morgan fingerprint density at radius 1 is 1.32 bits per heavy atom. The molecule has 0 aliphatic carbocycles. The molecule has 0 N–H and O–H groups in total. The number of hydrogen-bond donors (Lipinski definition) is 0. The predicted molar refractivity (Wildman–Crippen MR) is 78.5 cm³/mol. The van der Waals surface area contributed by atoms with Gasteiger partial charge in [-0.1, -0.05) is 18.2 Å². The molecular formula is C13H11N5O3S. The van der Waals surface area contributed by atoms with Gasteiger partial charge in [0.15, 0.2) is 5.03 Å². The van der Waals surface area contributed by atoms with Crippen LogP contribution in [-0.4, -0.2) is 24.7 Å². The summed E-state index contributed by atoms with van der Waals surface area (Å²) in [7, 11) is 1.67. The summed E-state index contributed by atoms with van der Waals surface area (Å²) in [6.45, 7) is 1.94. The van der Waals surface area contributed by atoms with Crippen molar-refractivity contribution in [2.24, 2.45) is 7.05 Å². The lowest BCUT2D eigenvalue weighted by Gasteiger charge is -1.99. The number of imidazole rings is 1. The third-order valence-electron chi connectivity index (χ3n) is 3.00. The van der Waals surface area contributed by atoms with E-state index < -0.39 is 4.92 Å². The van der Waals surface area contributed by atoms with E-state index in [9.17, 15) is 10.1 Å². The molecule has 2 heterocycles. The number of aromatic nitrogens is 4. The zero-order valence-corrected chi connectivity index (χ0v) is 12.6. The van der Waals surface area contributed by atoms with Gasteiger partial charge in [0.1, 0.15) is 0 Å². The summed E-state index contributed by atoms with van der Waals surface area (Å²) in [5, 5.41) is 19.4. The molecule has 1 aromatic carbocycles. The minimum absolute atomic E-state index is 0.227. The van der Waals surface area contributed by atoms with Crippen molar-refractivity contribution in [1.82, 2.24) is 19.7 Å². The third-order valence-corrected chi connectivity index (χ3v) is 4.01. The molecule has 0 aliphatic rings. The van der Waals surface area contributed by atoms with Gasteiger partial charge >= 0.3 is 5.82 Å². The van der Waals surface area contributed by atoms with E-state index in [1.165, 1.54) is 6.33 Å². The van der Waals surface area contributed by atoms with E-state index in [1.54, 1.807) is 11.6 Å². The van der Waals surface area contributed by atoms with E-state index in [0.29, 0.717) is 10.9 Å². The number of nitrogens with zero attached hydrogens (tertiary/aromatic N) is 5. The van der Waals surface area contributed by atoms with E-state index in [1.807, 2.05) is 31.2 Å². The van der Waals surface area contributed by atoms with Crippen molar-refractivity contribution in [3.8, 4) is 11.5 Å². The van der Waals surface area contributed by atoms with Gasteiger partial charge in [0.05, 0.1) is 0 Å². The highest BCUT2D eigenvalue weighted by molar-refractivity contribution is 7.99. The van der Waals surface area contributed by atoms with Crippen molar-refractivity contribution in [3.63, 3.8) is 0 Å². The van der Waals surface area contributed by atoms with Crippen molar-refractivity contribution >= 4 is 17.6 Å². The Bertz CT molecular complexity index is 842. The largest absolute Gasteiger partial charge is 0.411 e. The minimum atomic E-state index is -0.541. The third kappa shape index (κ3) is 2.58. The van der Waals surface area contributed by atoms with E-state index in [0.717, 1.165) is 22.9 Å². The number of rotatable bonds is 4. The van der Waals surface area contributed by atoms with Crippen LogP contribution in [0.5, 0.6) is 0 Å². The van der Waals surface area contributed by atoms with Crippen LogP contribution in [-0.2, 0) is 7.05 Å². The summed E-state index contributed by atoms with van der Waals surface area (Å²) < 4.78 is 7.13. The summed E-state index contributed by atoms with van der Waals surface area (Å²) in [6, 6.07) is 7.62. The number of benzene rings is 1. The van der Waals surface area contributed by atoms with Crippen molar-refractivity contribution in [2.45, 2.75) is 17.2 Å². The average Bonchev–Trinajstić information content (AvgIpc) is 3.08. The monoisotopic (exact) mass is 317 g/mol. The molecule has 0 radical (unpaired) electrons. The Hall–Kier alpha value is -2.68. The maximum Gasteiger partial charge on any atom is 0.396 e. The summed E-state index contributed by atoms with van der Waals surface area (Å²) in [5.74, 6) is 0.147. The molecule has 0 bridgehead atoms. The first-order valence-electron chi connectivity index (χ1n) is 6.29. The van der Waals surface area contributed by atoms with Gasteiger partial charge < -0.3 is 19.1 Å². The van der Waals surface area contributed by atoms with Crippen molar-refractivity contribution in [3.05, 3.63) is 46.3 Å². The topological polar surface area (TPSA) is 99.9 Å². The predicted octanol–water partition coefficient (Wildman–Crippen LogP) is 2.84. The lowest BCUT2D eigenvalue weighted by Crippen LogP contribution is -1.93. The smallest absolute Gasteiger partial charge is 0.396 e. The lowest BCUT2D eigenvalue weighted by molar-refractivity contribution is -0.392. The van der Waals surface area contributed by atoms with Crippen LogP contribution in [0.1, 0.15) is 5.56 Å². The van der Waals surface area contributed by atoms with Crippen molar-refractivity contribution in [1.29, 1.82) is 0 Å². The van der Waals surface area contributed by atoms with E-state index in [2.05, 4.69) is 15.2 Å². The van der Waals surface area contributed by atoms with Crippen LogP contribution in [0.3, 0.4) is 0 Å². The molecule has 8 nitrogen and oxygen atoms in total. The molecule has 0 spiro atoms. The van der Waals surface area contributed by atoms with Gasteiger partial charge in [-0.25, -0.2) is 0 Å². The van der Waals surface area contributed by atoms with Crippen molar-refractivity contribution < 1.29 is 9.34 Å². The molecule has 0 atom stereocenters. The molecule has 0 saturated carbocycles. The normalized spacial score (nSPS) is 10.8. The van der Waals surface area contributed by atoms with Gasteiger partial charge in [-0.15, -0.1) is 10.2 Å². The number of aryl methyl sites for hydroxylation is 2. The van der Waals surface area contributed by atoms with Crippen LogP contribution in [0.2, 0.25) is 0 Å². The van der Waals surface area contributed by atoms with Gasteiger partial charge in [0.25, 0.3) is 5.22 Å². The van der Waals surface area contributed by atoms with Crippen LogP contribution in [0.15, 0.2) is 45.3 Å². The SMILES string of the molecule is Cc1ccccc1-c1nnc(Sc2c([N+](=O)[O-])ncn2C)o1. The quantitative estimate of drug-likeness (QED) is 0.538. The molecule has 3 rings (SSSR count). The van der Waals surface area contributed by atoms with Gasteiger partial charge in [-0.05, 0) is 40.2 Å². The fourth-order valence-corrected chi connectivity index (χ4v) is 2.68. The van der Waals surface area contributed by atoms with Gasteiger partial charge in [-0.3, -0.25) is 0 Å². The first-order valence-corrected chi connectivity index (χ1v) is 7.11. The highest BCUT2D eigenvalue weighted by Crippen LogP contribution is 2.34. The molecule has 0 saturated heterocycles. The summed E-state index contributed by atoms with van der Waals surface area (Å²) in [5.41, 5.74) is 1.84. The van der Waals surface area contributed by atoms with Gasteiger partial charge in [-0.2, -0.15) is 0 Å². The Kier molecular flexibility index (Phi) is 3.63. The Morgan fingerprint density at radius 2 is 2.09 bits per heavy atom. The highest BCUT2D eigenvalue weighted by atomic mass is 32.2. The standard InChI is InChI=1S/C13H11N5O3S/c1-8-5-3-4-6-9(8)11-15-16-13(21-11)22-12-10(18(19)20)14-7-17(12)2/h3-7H,1-2H3. The zero-order chi connectivity index (χ0) is 15.7. The second-order valence-corrected chi connectivity index (χ2v) is 5.47. The fourth-order valence-electron chi connectivity index (χ4n) is 1.90. The molecule has 2 aromatic heterocycles. The van der Waals surface area contributed by atoms with E-state index >= 15 is 0 Å². The van der Waals surface area contributed by atoms with Gasteiger partial charge in [0, 0.05) is 12.6 Å². The van der Waals surface area contributed by atoms with Crippen LogP contribution in [0.4, 0.5) is 5.82 Å². The number of hydrogen-bond acceptors (Lipinski definition) is 7. The number of nitro groups is 1. The Labute approximate surface area is 129 Å². The molecule has 0 aliphatic heterocycles. The van der Waals surface area contributed by atoms with Crippen LogP contribution < -0.4 is 0 Å². The molecule has 3 aromatic rings. The van der Waals surface area contributed by atoms with E-state index in [-0.39, 0.29) is 11.0 Å². The van der Waals surface area contributed by atoms with E-state index in [4.69, 9.17) is 4.42 Å². The summed E-state index contributed by atoms with van der Waals surface area (Å²) >= 11 is 1.02. The molecule has 9 heteroatoms.